The molecule has 170 valence electrons. The Balaban J connectivity index is 2.04. The van der Waals surface area contributed by atoms with Gasteiger partial charge in [-0.25, -0.2) is 14.0 Å². The molecular weight excluding hydrogens is 537 g/mol. The van der Waals surface area contributed by atoms with Crippen molar-refractivity contribution in [1.82, 2.24) is 13.4 Å². The van der Waals surface area contributed by atoms with Gasteiger partial charge in [0.15, 0.2) is 0 Å². The number of aromatic nitrogens is 1. The van der Waals surface area contributed by atoms with Gasteiger partial charge >= 0.3 is 0 Å². The van der Waals surface area contributed by atoms with Gasteiger partial charge < -0.3 is 8.43 Å². The summed E-state index contributed by atoms with van der Waals surface area (Å²) in [4.78, 5) is 24.5. The maximum atomic E-state index is 13.2. The van der Waals surface area contributed by atoms with Crippen LogP contribution < -0.4 is 3.53 Å². The number of nitrogens with one attached hydrogen (secondary N) is 2. The second-order valence-corrected chi connectivity index (χ2v) is 10.5. The van der Waals surface area contributed by atoms with E-state index >= 15 is 0 Å². The Morgan fingerprint density at radius 3 is 2.53 bits per heavy atom. The standard InChI is InChI=1S/C23H28IN5O2S/c1-4-8-29(9-5-2)23(30)18-10-17-7-6-16(12-21(17)27-22(13-18)28-24)19-11-20(15-26-14-19)32(3,25)31/h6-7,10-12,14-15,25H,4-5,8-9,13H2,1-3H3,(H,27,28). The van der Waals surface area contributed by atoms with Gasteiger partial charge in [-0.1, -0.05) is 26.0 Å². The van der Waals surface area contributed by atoms with Gasteiger partial charge in [0.25, 0.3) is 0 Å². The van der Waals surface area contributed by atoms with E-state index in [9.17, 15) is 9.00 Å². The Labute approximate surface area is 203 Å². The maximum Gasteiger partial charge on any atom is 0.250 e. The highest BCUT2D eigenvalue weighted by Crippen LogP contribution is 2.33. The molecule has 0 saturated heterocycles. The molecule has 32 heavy (non-hydrogen) atoms. The first kappa shape index (κ1) is 24.4. The van der Waals surface area contributed by atoms with Crippen LogP contribution in [-0.4, -0.2) is 45.2 Å². The molecule has 1 aromatic carbocycles. The number of pyridine rings is 1. The van der Waals surface area contributed by atoms with E-state index in [-0.39, 0.29) is 5.91 Å². The van der Waals surface area contributed by atoms with E-state index in [1.165, 1.54) is 12.5 Å². The number of carbonyl (C=O) groups is 1. The van der Waals surface area contributed by atoms with Crippen molar-refractivity contribution in [2.75, 3.05) is 19.3 Å². The summed E-state index contributed by atoms with van der Waals surface area (Å²) < 4.78 is 23.1. The second-order valence-electron chi connectivity index (χ2n) is 7.82. The molecule has 9 heteroatoms. The predicted octanol–water partition coefficient (Wildman–Crippen LogP) is 5.19. The van der Waals surface area contributed by atoms with Crippen molar-refractivity contribution in [2.45, 2.75) is 38.0 Å². The summed E-state index contributed by atoms with van der Waals surface area (Å²) >= 11 is 2.04. The lowest BCUT2D eigenvalue weighted by atomic mass is 10.0. The van der Waals surface area contributed by atoms with Crippen LogP contribution >= 0.6 is 22.9 Å². The van der Waals surface area contributed by atoms with E-state index in [0.717, 1.165) is 48.3 Å². The summed E-state index contributed by atoms with van der Waals surface area (Å²) in [6.45, 7) is 5.63. The van der Waals surface area contributed by atoms with Crippen molar-refractivity contribution in [3.63, 3.8) is 0 Å². The van der Waals surface area contributed by atoms with Gasteiger partial charge in [0.2, 0.25) is 5.91 Å². The van der Waals surface area contributed by atoms with E-state index < -0.39 is 9.73 Å². The number of amides is 1. The Hall–Kier alpha value is -2.27. The number of rotatable bonds is 7. The van der Waals surface area contributed by atoms with Crippen LogP contribution in [0.1, 0.15) is 38.7 Å². The lowest BCUT2D eigenvalue weighted by Gasteiger charge is -2.23. The average molecular weight is 565 g/mol. The molecule has 2 N–H and O–H groups in total. The third-order valence-electron chi connectivity index (χ3n) is 5.13. The lowest BCUT2D eigenvalue weighted by Crippen LogP contribution is -2.34. The number of hydrogen-bond acceptors (Lipinski definition) is 6. The summed E-state index contributed by atoms with van der Waals surface area (Å²) in [5, 5.41) is 0. The fraction of sp³-hybridized carbons (Fsp3) is 0.348. The van der Waals surface area contributed by atoms with Crippen LogP contribution in [0.2, 0.25) is 0 Å². The van der Waals surface area contributed by atoms with Crippen molar-refractivity contribution in [1.29, 1.82) is 4.78 Å². The molecule has 0 aliphatic carbocycles. The lowest BCUT2D eigenvalue weighted by molar-refractivity contribution is -0.127. The zero-order valence-corrected chi connectivity index (χ0v) is 21.5. The van der Waals surface area contributed by atoms with Gasteiger partial charge in [-0.15, -0.1) is 0 Å². The Morgan fingerprint density at radius 1 is 1.19 bits per heavy atom. The van der Waals surface area contributed by atoms with Crippen molar-refractivity contribution in [3.8, 4) is 11.1 Å². The van der Waals surface area contributed by atoms with Crippen LogP contribution in [0.4, 0.5) is 5.69 Å². The van der Waals surface area contributed by atoms with Crippen molar-refractivity contribution in [2.24, 2.45) is 4.99 Å². The highest BCUT2D eigenvalue weighted by atomic mass is 127. The van der Waals surface area contributed by atoms with E-state index in [1.54, 1.807) is 12.3 Å². The summed E-state index contributed by atoms with van der Waals surface area (Å²) in [6.07, 6.45) is 8.74. The fourth-order valence-electron chi connectivity index (χ4n) is 3.59. The average Bonchev–Trinajstić information content (AvgIpc) is 2.96. The first-order chi connectivity index (χ1) is 15.3. The van der Waals surface area contributed by atoms with Crippen LogP contribution in [0, 0.1) is 4.78 Å². The summed E-state index contributed by atoms with van der Waals surface area (Å²) in [5.41, 5.74) is 3.96. The second kappa shape index (κ2) is 10.6. The topological polar surface area (TPSA) is 98.5 Å². The van der Waals surface area contributed by atoms with Crippen molar-refractivity contribution >= 4 is 56.1 Å². The summed E-state index contributed by atoms with van der Waals surface area (Å²) in [6, 6.07) is 7.55. The van der Waals surface area contributed by atoms with Gasteiger partial charge in [-0.05, 0) is 36.6 Å². The molecule has 1 atom stereocenters. The highest BCUT2D eigenvalue weighted by Gasteiger charge is 2.22. The first-order valence-corrected chi connectivity index (χ1v) is 13.6. The summed E-state index contributed by atoms with van der Waals surface area (Å²) in [7, 11) is -2.86. The van der Waals surface area contributed by atoms with Crippen LogP contribution in [0.3, 0.4) is 0 Å². The molecule has 2 heterocycles. The molecule has 1 aliphatic heterocycles. The number of nitrogens with zero attached hydrogens (tertiary/aromatic N) is 3. The van der Waals surface area contributed by atoms with Gasteiger partial charge in [-0.3, -0.25) is 9.78 Å². The van der Waals surface area contributed by atoms with Gasteiger partial charge in [0.1, 0.15) is 5.84 Å². The molecule has 1 amide bonds. The molecule has 3 rings (SSSR count). The minimum Gasteiger partial charge on any atom is -0.339 e. The molecule has 0 bridgehead atoms. The monoisotopic (exact) mass is 565 g/mol. The maximum absolute atomic E-state index is 13.2. The zero-order valence-electron chi connectivity index (χ0n) is 18.5. The van der Waals surface area contributed by atoms with Gasteiger partial charge in [0.05, 0.1) is 43.2 Å². The van der Waals surface area contributed by atoms with Crippen molar-refractivity contribution < 1.29 is 9.00 Å². The molecule has 1 unspecified atom stereocenters. The highest BCUT2D eigenvalue weighted by molar-refractivity contribution is 14.1. The number of aliphatic imine (C=N–C) groups is 1. The molecule has 1 aliphatic rings. The smallest absolute Gasteiger partial charge is 0.250 e. The molecule has 0 spiro atoms. The number of hydrogen-bond donors (Lipinski definition) is 2. The number of halogens is 1. The first-order valence-electron chi connectivity index (χ1n) is 10.5. The minimum atomic E-state index is -2.86. The fourth-order valence-corrected chi connectivity index (χ4v) is 4.51. The number of benzene rings is 1. The Kier molecular flexibility index (Phi) is 8.05. The van der Waals surface area contributed by atoms with Gasteiger partial charge in [0, 0.05) is 54.9 Å². The number of amidine groups is 1. The van der Waals surface area contributed by atoms with Crippen LogP contribution in [0.5, 0.6) is 0 Å². The third kappa shape index (κ3) is 5.74. The molecule has 0 fully saturated rings. The van der Waals surface area contributed by atoms with Crippen LogP contribution in [0.25, 0.3) is 17.2 Å². The predicted molar refractivity (Wildman–Crippen MR) is 139 cm³/mol. The number of fused-ring (bicyclic) bond motifs is 1. The molecule has 0 radical (unpaired) electrons. The summed E-state index contributed by atoms with van der Waals surface area (Å²) in [5.74, 6) is 0.763. The minimum absolute atomic E-state index is 0.0510. The normalized spacial score (nSPS) is 15.0. The van der Waals surface area contributed by atoms with Crippen LogP contribution in [0.15, 0.2) is 52.1 Å². The quantitative estimate of drug-likeness (QED) is 0.357. The van der Waals surface area contributed by atoms with E-state index in [1.807, 2.05) is 52.0 Å². The molecule has 7 nitrogen and oxygen atoms in total. The largest absolute Gasteiger partial charge is 0.339 e. The third-order valence-corrected chi connectivity index (χ3v) is 6.87. The SMILES string of the molecule is CCCN(CCC)C(=O)C1=Cc2ccc(-c3cncc(S(C)(=N)=O)c3)cc2N=C(NI)C1. The van der Waals surface area contributed by atoms with E-state index in [2.05, 4.69) is 22.4 Å². The number of carbonyl (C=O) groups excluding carboxylic acids is 1. The van der Waals surface area contributed by atoms with Crippen molar-refractivity contribution in [3.05, 3.63) is 47.8 Å². The molecular formula is C23H28IN5O2S. The molecule has 0 saturated carbocycles. The Bertz CT molecular complexity index is 1170. The Morgan fingerprint density at radius 2 is 1.91 bits per heavy atom. The van der Waals surface area contributed by atoms with E-state index in [4.69, 9.17) is 9.77 Å². The molecule has 2 aromatic rings. The van der Waals surface area contributed by atoms with Crippen LogP contribution in [-0.2, 0) is 14.5 Å². The van der Waals surface area contributed by atoms with E-state index in [0.29, 0.717) is 22.7 Å². The molecule has 1 aromatic heterocycles. The van der Waals surface area contributed by atoms with Gasteiger partial charge in [-0.2, -0.15) is 0 Å². The zero-order chi connectivity index (χ0) is 23.3.